The van der Waals surface area contributed by atoms with E-state index >= 15 is 0 Å². The molecule has 1 heterocycles. The fourth-order valence-electron chi connectivity index (χ4n) is 2.10. The van der Waals surface area contributed by atoms with Crippen LogP contribution in [-0.2, 0) is 9.59 Å². The highest BCUT2D eigenvalue weighted by molar-refractivity contribution is 5.99. The maximum Gasteiger partial charge on any atom is 0.323 e. The third-order valence-corrected chi connectivity index (χ3v) is 3.23. The van der Waals surface area contributed by atoms with Crippen LogP contribution in [0.5, 0.6) is 0 Å². The molecule has 1 amide bonds. The summed E-state index contributed by atoms with van der Waals surface area (Å²) in [6.07, 6.45) is 0.379. The molecule has 0 aliphatic heterocycles. The van der Waals surface area contributed by atoms with E-state index in [0.29, 0.717) is 23.1 Å². The largest absolute Gasteiger partial charge is 0.481 e. The second kappa shape index (κ2) is 3.98. The molecule has 1 fully saturated rings. The van der Waals surface area contributed by atoms with Gasteiger partial charge in [0, 0.05) is 5.69 Å². The van der Waals surface area contributed by atoms with Crippen molar-refractivity contribution in [3.8, 4) is 0 Å². The Morgan fingerprint density at radius 1 is 1.21 bits per heavy atom. The van der Waals surface area contributed by atoms with Gasteiger partial charge in [0.05, 0.1) is 22.9 Å². The van der Waals surface area contributed by atoms with Gasteiger partial charge in [-0.1, -0.05) is 0 Å². The molecule has 19 heavy (non-hydrogen) atoms. The number of hydrogen-bond acceptors (Lipinski definition) is 3. The van der Waals surface area contributed by atoms with Crippen LogP contribution < -0.4 is 11.0 Å². The SMILES string of the molecule is O=C(O)C1CC1C(=O)Nc1ccc2[nH]c(=O)[nH]c2c1. The molecule has 7 heteroatoms. The average Bonchev–Trinajstić information content (AvgIpc) is 3.06. The zero-order valence-corrected chi connectivity index (χ0v) is 9.77. The number of carbonyl (C=O) groups is 2. The third kappa shape index (κ3) is 2.10. The predicted octanol–water partition coefficient (Wildman–Crippen LogP) is 0.515. The Hall–Kier alpha value is -2.57. The summed E-state index contributed by atoms with van der Waals surface area (Å²) in [5.41, 5.74) is 1.46. The number of aromatic nitrogens is 2. The summed E-state index contributed by atoms with van der Waals surface area (Å²) in [6.45, 7) is 0. The first-order valence-corrected chi connectivity index (χ1v) is 5.80. The van der Waals surface area contributed by atoms with Crippen LogP contribution in [0, 0.1) is 11.8 Å². The average molecular weight is 261 g/mol. The number of nitrogens with one attached hydrogen (secondary N) is 3. The molecule has 2 unspecified atom stereocenters. The number of imidazole rings is 1. The normalized spacial score (nSPS) is 21.3. The molecule has 7 nitrogen and oxygen atoms in total. The number of anilines is 1. The van der Waals surface area contributed by atoms with Crippen LogP contribution in [0.3, 0.4) is 0 Å². The number of rotatable bonds is 3. The van der Waals surface area contributed by atoms with Crippen molar-refractivity contribution in [3.05, 3.63) is 28.7 Å². The Balaban J connectivity index is 1.76. The molecule has 0 radical (unpaired) electrons. The maximum atomic E-state index is 11.8. The van der Waals surface area contributed by atoms with Gasteiger partial charge < -0.3 is 20.4 Å². The topological polar surface area (TPSA) is 115 Å². The molecule has 4 N–H and O–H groups in total. The zero-order valence-electron chi connectivity index (χ0n) is 9.77. The number of carboxylic acid groups (broad SMARTS) is 1. The minimum atomic E-state index is -0.939. The quantitative estimate of drug-likeness (QED) is 0.644. The van der Waals surface area contributed by atoms with Gasteiger partial charge in [0.25, 0.3) is 0 Å². The van der Waals surface area contributed by atoms with Gasteiger partial charge >= 0.3 is 11.7 Å². The Labute approximate surface area is 106 Å². The van der Waals surface area contributed by atoms with E-state index in [-0.39, 0.29) is 11.6 Å². The first kappa shape index (κ1) is 11.5. The lowest BCUT2D eigenvalue weighted by Gasteiger charge is -2.04. The van der Waals surface area contributed by atoms with Crippen LogP contribution in [0.1, 0.15) is 6.42 Å². The van der Waals surface area contributed by atoms with Crippen LogP contribution >= 0.6 is 0 Å². The van der Waals surface area contributed by atoms with Crippen molar-refractivity contribution in [1.82, 2.24) is 9.97 Å². The van der Waals surface area contributed by atoms with E-state index in [9.17, 15) is 14.4 Å². The van der Waals surface area contributed by atoms with Gasteiger partial charge in [-0.2, -0.15) is 0 Å². The standard InChI is InChI=1S/C12H11N3O4/c16-10(6-4-7(6)11(17)18)13-5-1-2-8-9(3-5)15-12(19)14-8/h1-3,6-7H,4H2,(H,13,16)(H,17,18)(H2,14,15,19). The molecule has 0 bridgehead atoms. The number of fused-ring (bicyclic) bond motifs is 1. The molecule has 2 aromatic rings. The van der Waals surface area contributed by atoms with Crippen LogP contribution in [0.25, 0.3) is 11.0 Å². The summed E-state index contributed by atoms with van der Waals surface area (Å²) in [6, 6.07) is 4.95. The minimum Gasteiger partial charge on any atom is -0.481 e. The lowest BCUT2D eigenvalue weighted by molar-refractivity contribution is -0.139. The number of carbonyl (C=O) groups excluding carboxylic acids is 1. The Morgan fingerprint density at radius 2 is 1.95 bits per heavy atom. The number of amides is 1. The van der Waals surface area contributed by atoms with E-state index in [2.05, 4.69) is 15.3 Å². The van der Waals surface area contributed by atoms with Crippen LogP contribution in [0.4, 0.5) is 5.69 Å². The number of hydrogen-bond donors (Lipinski definition) is 4. The fourth-order valence-corrected chi connectivity index (χ4v) is 2.10. The molecule has 2 atom stereocenters. The smallest absolute Gasteiger partial charge is 0.323 e. The number of aromatic amines is 2. The molecule has 0 spiro atoms. The first-order chi connectivity index (χ1) is 9.04. The number of benzene rings is 1. The second-order valence-electron chi connectivity index (χ2n) is 4.62. The van der Waals surface area contributed by atoms with Crippen molar-refractivity contribution in [1.29, 1.82) is 0 Å². The molecule has 0 saturated heterocycles. The van der Waals surface area contributed by atoms with Gasteiger partial charge in [0.2, 0.25) is 5.91 Å². The molecule has 1 aromatic carbocycles. The van der Waals surface area contributed by atoms with Gasteiger partial charge in [0.1, 0.15) is 0 Å². The van der Waals surface area contributed by atoms with E-state index in [0.717, 1.165) is 0 Å². The van der Waals surface area contributed by atoms with E-state index in [1.165, 1.54) is 0 Å². The van der Waals surface area contributed by atoms with E-state index in [4.69, 9.17) is 5.11 Å². The monoisotopic (exact) mass is 261 g/mol. The van der Waals surface area contributed by atoms with Gasteiger partial charge in [-0.15, -0.1) is 0 Å². The van der Waals surface area contributed by atoms with Crippen molar-refractivity contribution in [2.45, 2.75) is 6.42 Å². The maximum absolute atomic E-state index is 11.8. The summed E-state index contributed by atoms with van der Waals surface area (Å²) < 4.78 is 0. The number of H-pyrrole nitrogens is 2. The van der Waals surface area contributed by atoms with E-state index in [1.807, 2.05) is 0 Å². The molecule has 1 aliphatic carbocycles. The molecule has 1 aromatic heterocycles. The Kier molecular flexibility index (Phi) is 2.41. The first-order valence-electron chi connectivity index (χ1n) is 5.80. The van der Waals surface area contributed by atoms with Crippen LogP contribution in [0.2, 0.25) is 0 Å². The van der Waals surface area contributed by atoms with Crippen molar-refractivity contribution >= 4 is 28.6 Å². The number of carboxylic acids is 1. The van der Waals surface area contributed by atoms with Crippen molar-refractivity contribution in [2.24, 2.45) is 11.8 Å². The van der Waals surface area contributed by atoms with E-state index in [1.54, 1.807) is 18.2 Å². The van der Waals surface area contributed by atoms with E-state index < -0.39 is 17.8 Å². The zero-order chi connectivity index (χ0) is 13.6. The van der Waals surface area contributed by atoms with Crippen LogP contribution in [0.15, 0.2) is 23.0 Å². The second-order valence-corrected chi connectivity index (χ2v) is 4.62. The summed E-state index contributed by atoms with van der Waals surface area (Å²) in [4.78, 5) is 38.7. The highest BCUT2D eigenvalue weighted by atomic mass is 16.4. The third-order valence-electron chi connectivity index (χ3n) is 3.23. The van der Waals surface area contributed by atoms with Crippen LogP contribution in [-0.4, -0.2) is 27.0 Å². The molecule has 1 aliphatic rings. The molecular weight excluding hydrogens is 250 g/mol. The lowest BCUT2D eigenvalue weighted by atomic mass is 10.2. The molecular formula is C12H11N3O4. The Bertz CT molecular complexity index is 730. The van der Waals surface area contributed by atoms with Gasteiger partial charge in [-0.25, -0.2) is 4.79 Å². The lowest BCUT2D eigenvalue weighted by Crippen LogP contribution is -2.16. The van der Waals surface area contributed by atoms with Gasteiger partial charge in [-0.05, 0) is 24.6 Å². The summed E-state index contributed by atoms with van der Waals surface area (Å²) in [5, 5.41) is 11.4. The summed E-state index contributed by atoms with van der Waals surface area (Å²) >= 11 is 0. The summed E-state index contributed by atoms with van der Waals surface area (Å²) in [5.74, 6) is -2.27. The highest BCUT2D eigenvalue weighted by Crippen LogP contribution is 2.39. The van der Waals surface area contributed by atoms with Crippen molar-refractivity contribution in [3.63, 3.8) is 0 Å². The van der Waals surface area contributed by atoms with Gasteiger partial charge in [-0.3, -0.25) is 9.59 Å². The summed E-state index contributed by atoms with van der Waals surface area (Å²) in [7, 11) is 0. The highest BCUT2D eigenvalue weighted by Gasteiger charge is 2.48. The molecule has 98 valence electrons. The van der Waals surface area contributed by atoms with Crippen molar-refractivity contribution in [2.75, 3.05) is 5.32 Å². The van der Waals surface area contributed by atoms with Crippen molar-refractivity contribution < 1.29 is 14.7 Å². The number of aliphatic carboxylic acids is 1. The fraction of sp³-hybridized carbons (Fsp3) is 0.250. The minimum absolute atomic E-state index is 0.301. The van der Waals surface area contributed by atoms with Gasteiger partial charge in [0.15, 0.2) is 0 Å². The molecule has 3 rings (SSSR count). The molecule has 1 saturated carbocycles. The predicted molar refractivity (Wildman–Crippen MR) is 66.8 cm³/mol. The Morgan fingerprint density at radius 3 is 2.63 bits per heavy atom.